The van der Waals surface area contributed by atoms with Crippen molar-refractivity contribution in [2.24, 2.45) is 17.8 Å². The van der Waals surface area contributed by atoms with Crippen LogP contribution >= 0.6 is 0 Å². The van der Waals surface area contributed by atoms with Crippen LogP contribution in [0.1, 0.15) is 66.2 Å². The number of hydrogen-bond donors (Lipinski definition) is 1. The van der Waals surface area contributed by atoms with Crippen molar-refractivity contribution in [2.45, 2.75) is 77.4 Å². The predicted molar refractivity (Wildman–Crippen MR) is 74.6 cm³/mol. The lowest BCUT2D eigenvalue weighted by atomic mass is 9.62. The third kappa shape index (κ3) is 3.50. The molecule has 110 valence electrons. The van der Waals surface area contributed by atoms with Gasteiger partial charge in [-0.15, -0.1) is 0 Å². The second kappa shape index (κ2) is 5.08. The van der Waals surface area contributed by atoms with Crippen molar-refractivity contribution < 1.29 is 14.6 Å². The maximum atomic E-state index is 12.0. The van der Waals surface area contributed by atoms with Crippen molar-refractivity contribution in [3.05, 3.63) is 0 Å². The Labute approximate surface area is 116 Å². The van der Waals surface area contributed by atoms with Gasteiger partial charge in [0.15, 0.2) is 0 Å². The van der Waals surface area contributed by atoms with Gasteiger partial charge in [0.05, 0.1) is 11.5 Å². The van der Waals surface area contributed by atoms with Crippen molar-refractivity contribution in [3.8, 4) is 0 Å². The SMILES string of the molecule is CCC(C)C(=O)OC1(C)CC2CC(CC(C)(O)C2)C1. The van der Waals surface area contributed by atoms with Crippen molar-refractivity contribution in [3.63, 3.8) is 0 Å². The van der Waals surface area contributed by atoms with E-state index in [-0.39, 0.29) is 17.5 Å². The van der Waals surface area contributed by atoms with E-state index in [9.17, 15) is 9.90 Å². The number of carbonyl (C=O) groups is 1. The van der Waals surface area contributed by atoms with Gasteiger partial charge >= 0.3 is 5.97 Å². The molecule has 1 N–H and O–H groups in total. The van der Waals surface area contributed by atoms with E-state index in [4.69, 9.17) is 4.74 Å². The van der Waals surface area contributed by atoms with E-state index in [1.54, 1.807) is 0 Å². The number of esters is 1. The first-order valence-electron chi connectivity index (χ1n) is 7.68. The second-order valence-corrected chi connectivity index (χ2v) is 7.46. The standard InChI is InChI=1S/C16H28O3/c1-5-11(2)14(17)19-16(4)9-12-6-13(10-16)8-15(3,18)7-12/h11-13,18H,5-10H2,1-4H3. The van der Waals surface area contributed by atoms with Gasteiger partial charge in [0.1, 0.15) is 5.60 Å². The molecule has 2 bridgehead atoms. The molecule has 2 fully saturated rings. The Bertz CT molecular complexity index is 332. The van der Waals surface area contributed by atoms with Crippen LogP contribution in [-0.2, 0) is 9.53 Å². The third-order valence-corrected chi connectivity index (χ3v) is 4.93. The van der Waals surface area contributed by atoms with E-state index < -0.39 is 5.60 Å². The zero-order valence-corrected chi connectivity index (χ0v) is 12.7. The average Bonchev–Trinajstić information content (AvgIpc) is 2.23. The number of carbonyl (C=O) groups excluding carboxylic acids is 1. The van der Waals surface area contributed by atoms with Gasteiger partial charge in [-0.2, -0.15) is 0 Å². The monoisotopic (exact) mass is 268 g/mol. The van der Waals surface area contributed by atoms with E-state index in [1.807, 2.05) is 20.8 Å². The minimum absolute atomic E-state index is 0.0123. The van der Waals surface area contributed by atoms with Crippen molar-refractivity contribution in [1.82, 2.24) is 0 Å². The molecule has 2 aliphatic carbocycles. The van der Waals surface area contributed by atoms with Gasteiger partial charge in [0, 0.05) is 0 Å². The molecule has 0 radical (unpaired) electrons. The lowest BCUT2D eigenvalue weighted by Crippen LogP contribution is -2.48. The summed E-state index contributed by atoms with van der Waals surface area (Å²) < 4.78 is 5.82. The topological polar surface area (TPSA) is 46.5 Å². The molecule has 0 heterocycles. The Kier molecular flexibility index (Phi) is 3.97. The fourth-order valence-electron chi connectivity index (χ4n) is 4.17. The van der Waals surface area contributed by atoms with Crippen LogP contribution in [0.3, 0.4) is 0 Å². The van der Waals surface area contributed by atoms with Crippen molar-refractivity contribution >= 4 is 5.97 Å². The summed E-state index contributed by atoms with van der Waals surface area (Å²) >= 11 is 0. The highest BCUT2D eigenvalue weighted by atomic mass is 16.6. The first kappa shape index (κ1) is 14.8. The van der Waals surface area contributed by atoms with Crippen LogP contribution in [-0.4, -0.2) is 22.3 Å². The summed E-state index contributed by atoms with van der Waals surface area (Å²) in [6, 6.07) is 0. The van der Waals surface area contributed by atoms with Gasteiger partial charge in [-0.25, -0.2) is 0 Å². The molecule has 0 saturated heterocycles. The van der Waals surface area contributed by atoms with Crippen LogP contribution in [0.15, 0.2) is 0 Å². The summed E-state index contributed by atoms with van der Waals surface area (Å²) in [5, 5.41) is 10.3. The molecule has 3 unspecified atom stereocenters. The highest BCUT2D eigenvalue weighted by molar-refractivity contribution is 5.72. The number of hydrogen-bond acceptors (Lipinski definition) is 3. The third-order valence-electron chi connectivity index (χ3n) is 4.93. The van der Waals surface area contributed by atoms with E-state index in [1.165, 1.54) is 6.42 Å². The van der Waals surface area contributed by atoms with Crippen LogP contribution in [0.25, 0.3) is 0 Å². The molecule has 3 atom stereocenters. The molecule has 19 heavy (non-hydrogen) atoms. The predicted octanol–water partition coefficient (Wildman–Crippen LogP) is 3.30. The van der Waals surface area contributed by atoms with E-state index >= 15 is 0 Å². The van der Waals surface area contributed by atoms with Crippen LogP contribution in [0.4, 0.5) is 0 Å². The Hall–Kier alpha value is -0.570. The Morgan fingerprint density at radius 2 is 1.79 bits per heavy atom. The zero-order chi connectivity index (χ0) is 14.3. The molecule has 2 saturated carbocycles. The average molecular weight is 268 g/mol. The summed E-state index contributed by atoms with van der Waals surface area (Å²) in [6.45, 7) is 7.97. The quantitative estimate of drug-likeness (QED) is 0.799. The van der Waals surface area contributed by atoms with Gasteiger partial charge < -0.3 is 9.84 Å². The smallest absolute Gasteiger partial charge is 0.309 e. The number of ether oxygens (including phenoxy) is 1. The van der Waals surface area contributed by atoms with Crippen LogP contribution in [0, 0.1) is 17.8 Å². The summed E-state index contributed by atoms with van der Waals surface area (Å²) in [6.07, 6.45) is 5.52. The molecule has 3 nitrogen and oxygen atoms in total. The Balaban J connectivity index is 2.01. The minimum Gasteiger partial charge on any atom is -0.459 e. The molecule has 0 aromatic carbocycles. The lowest BCUT2D eigenvalue weighted by molar-refractivity contribution is -0.175. The fourth-order valence-corrected chi connectivity index (χ4v) is 4.17. The summed E-state index contributed by atoms with van der Waals surface area (Å²) in [7, 11) is 0. The molecule has 0 aromatic rings. The molecular weight excluding hydrogens is 240 g/mol. The first-order chi connectivity index (χ1) is 8.73. The lowest BCUT2D eigenvalue weighted by Gasteiger charge is -2.49. The molecule has 0 spiro atoms. The summed E-state index contributed by atoms with van der Waals surface area (Å²) in [4.78, 5) is 12.0. The first-order valence-corrected chi connectivity index (χ1v) is 7.68. The van der Waals surface area contributed by atoms with Crippen molar-refractivity contribution in [2.75, 3.05) is 0 Å². The maximum absolute atomic E-state index is 12.0. The van der Waals surface area contributed by atoms with Gasteiger partial charge in [0.2, 0.25) is 0 Å². The number of fused-ring (bicyclic) bond motifs is 2. The van der Waals surface area contributed by atoms with Crippen LogP contribution in [0.2, 0.25) is 0 Å². The highest BCUT2D eigenvalue weighted by Crippen LogP contribution is 2.49. The zero-order valence-electron chi connectivity index (χ0n) is 12.7. The van der Waals surface area contributed by atoms with E-state index in [0.29, 0.717) is 11.8 Å². The molecule has 0 amide bonds. The van der Waals surface area contributed by atoms with Gasteiger partial charge in [-0.3, -0.25) is 4.79 Å². The summed E-state index contributed by atoms with van der Waals surface area (Å²) in [5.41, 5.74) is -0.833. The van der Waals surface area contributed by atoms with E-state index in [0.717, 1.165) is 32.1 Å². The van der Waals surface area contributed by atoms with Crippen molar-refractivity contribution in [1.29, 1.82) is 0 Å². The number of aliphatic hydroxyl groups is 1. The minimum atomic E-state index is -0.518. The second-order valence-electron chi connectivity index (χ2n) is 7.46. The van der Waals surface area contributed by atoms with Gasteiger partial charge in [0.25, 0.3) is 0 Å². The highest BCUT2D eigenvalue weighted by Gasteiger charge is 2.47. The molecule has 2 rings (SSSR count). The Morgan fingerprint density at radius 3 is 2.26 bits per heavy atom. The molecule has 2 aliphatic rings. The number of rotatable bonds is 3. The van der Waals surface area contributed by atoms with E-state index in [2.05, 4.69) is 6.92 Å². The van der Waals surface area contributed by atoms with Gasteiger partial charge in [-0.1, -0.05) is 13.8 Å². The molecule has 0 aromatic heterocycles. The summed E-state index contributed by atoms with van der Waals surface area (Å²) in [5.74, 6) is 0.924. The van der Waals surface area contributed by atoms with Gasteiger partial charge in [-0.05, 0) is 64.2 Å². The molecule has 3 heteroatoms. The van der Waals surface area contributed by atoms with Crippen LogP contribution < -0.4 is 0 Å². The Morgan fingerprint density at radius 1 is 1.26 bits per heavy atom. The maximum Gasteiger partial charge on any atom is 0.309 e. The normalized spacial score (nSPS) is 43.6. The fraction of sp³-hybridized carbons (Fsp3) is 0.938. The largest absolute Gasteiger partial charge is 0.459 e. The van der Waals surface area contributed by atoms with Crippen LogP contribution in [0.5, 0.6) is 0 Å². The molecule has 0 aliphatic heterocycles. The molecular formula is C16H28O3.